The van der Waals surface area contributed by atoms with Crippen molar-refractivity contribution in [2.24, 2.45) is 0 Å². The predicted octanol–water partition coefficient (Wildman–Crippen LogP) is 1.44. The minimum absolute atomic E-state index is 0.658. The van der Waals surface area contributed by atoms with E-state index in [1.807, 2.05) is 0 Å². The van der Waals surface area contributed by atoms with Gasteiger partial charge in [-0.25, -0.2) is 9.48 Å². The Kier molecular flexibility index (Phi) is 4.88. The molecule has 1 rings (SSSR count). The van der Waals surface area contributed by atoms with Gasteiger partial charge in [0, 0.05) is 6.42 Å². The summed E-state index contributed by atoms with van der Waals surface area (Å²) < 4.78 is 1.38. The third-order valence-electron chi connectivity index (χ3n) is 2.54. The van der Waals surface area contributed by atoms with Gasteiger partial charge >= 0.3 is 5.97 Å². The van der Waals surface area contributed by atoms with Crippen LogP contribution in [0, 0.1) is 0 Å². The Balaban J connectivity index is 2.53. The van der Waals surface area contributed by atoms with E-state index in [0.29, 0.717) is 5.82 Å². The number of tetrazole rings is 1. The maximum Gasteiger partial charge on any atom is 0.328 e. The molecule has 1 aromatic rings. The van der Waals surface area contributed by atoms with E-state index in [9.17, 15) is 4.79 Å². The number of nitrogens with zero attached hydrogens (tertiary/aromatic N) is 4. The SMILES string of the molecule is CCCCCCc1nnnn1C(C)C(=O)O. The second-order valence-corrected chi connectivity index (χ2v) is 3.86. The van der Waals surface area contributed by atoms with Crippen molar-refractivity contribution >= 4 is 5.97 Å². The van der Waals surface area contributed by atoms with Crippen molar-refractivity contribution in [3.05, 3.63) is 5.82 Å². The number of aliphatic carboxylic acids is 1. The molecule has 6 heteroatoms. The van der Waals surface area contributed by atoms with Gasteiger partial charge in [0.1, 0.15) is 6.04 Å². The third kappa shape index (κ3) is 3.29. The van der Waals surface area contributed by atoms with Crippen LogP contribution in [0.3, 0.4) is 0 Å². The smallest absolute Gasteiger partial charge is 0.328 e. The van der Waals surface area contributed by atoms with Crippen molar-refractivity contribution in [1.29, 1.82) is 0 Å². The summed E-state index contributed by atoms with van der Waals surface area (Å²) in [6.07, 6.45) is 5.24. The van der Waals surface area contributed by atoms with Gasteiger partial charge in [-0.2, -0.15) is 0 Å². The van der Waals surface area contributed by atoms with Crippen LogP contribution in [-0.2, 0) is 11.2 Å². The highest BCUT2D eigenvalue weighted by Crippen LogP contribution is 2.09. The summed E-state index contributed by atoms with van der Waals surface area (Å²) in [4.78, 5) is 10.8. The molecule has 1 atom stereocenters. The first-order chi connectivity index (χ1) is 7.66. The van der Waals surface area contributed by atoms with Gasteiger partial charge in [-0.1, -0.05) is 26.2 Å². The number of rotatable bonds is 7. The number of carboxylic acid groups (broad SMARTS) is 1. The lowest BCUT2D eigenvalue weighted by Crippen LogP contribution is -2.19. The summed E-state index contributed by atoms with van der Waals surface area (Å²) in [7, 11) is 0. The number of hydrogen-bond acceptors (Lipinski definition) is 4. The zero-order chi connectivity index (χ0) is 12.0. The van der Waals surface area contributed by atoms with Gasteiger partial charge in [-0.3, -0.25) is 0 Å². The molecule has 0 saturated carbocycles. The Morgan fingerprint density at radius 3 is 2.81 bits per heavy atom. The topological polar surface area (TPSA) is 80.9 Å². The molecule has 90 valence electrons. The summed E-state index contributed by atoms with van der Waals surface area (Å²) in [6.45, 7) is 3.73. The highest BCUT2D eigenvalue weighted by atomic mass is 16.4. The maximum absolute atomic E-state index is 10.8. The van der Waals surface area contributed by atoms with Gasteiger partial charge in [0.25, 0.3) is 0 Å². The number of hydrogen-bond donors (Lipinski definition) is 1. The fraction of sp³-hybridized carbons (Fsp3) is 0.800. The quantitative estimate of drug-likeness (QED) is 0.711. The number of aromatic nitrogens is 4. The van der Waals surface area contributed by atoms with E-state index in [-0.39, 0.29) is 0 Å². The number of carbonyl (C=O) groups is 1. The van der Waals surface area contributed by atoms with Crippen molar-refractivity contribution in [1.82, 2.24) is 20.2 Å². The first-order valence-electron chi connectivity index (χ1n) is 5.66. The lowest BCUT2D eigenvalue weighted by molar-refractivity contribution is -0.140. The maximum atomic E-state index is 10.8. The predicted molar refractivity (Wildman–Crippen MR) is 58.0 cm³/mol. The van der Waals surface area contributed by atoms with Crippen LogP contribution < -0.4 is 0 Å². The molecule has 0 bridgehead atoms. The van der Waals surface area contributed by atoms with E-state index >= 15 is 0 Å². The normalized spacial score (nSPS) is 12.6. The Morgan fingerprint density at radius 1 is 1.44 bits per heavy atom. The minimum Gasteiger partial charge on any atom is -0.480 e. The zero-order valence-corrected chi connectivity index (χ0v) is 9.76. The molecule has 0 amide bonds. The summed E-state index contributed by atoms with van der Waals surface area (Å²) in [5.41, 5.74) is 0. The standard InChI is InChI=1S/C10H18N4O2/c1-3-4-5-6-7-9-11-12-13-14(9)8(2)10(15)16/h8H,3-7H2,1-2H3,(H,15,16). The van der Waals surface area contributed by atoms with Crippen molar-refractivity contribution in [2.75, 3.05) is 0 Å². The Morgan fingerprint density at radius 2 is 2.19 bits per heavy atom. The fourth-order valence-corrected chi connectivity index (χ4v) is 1.49. The number of unbranched alkanes of at least 4 members (excludes halogenated alkanes) is 3. The van der Waals surface area contributed by atoms with Gasteiger partial charge in [0.05, 0.1) is 0 Å². The van der Waals surface area contributed by atoms with Crippen molar-refractivity contribution in [2.45, 2.75) is 52.0 Å². The molecule has 1 heterocycles. The first kappa shape index (κ1) is 12.6. The lowest BCUT2D eigenvalue weighted by atomic mass is 10.1. The number of carboxylic acids is 1. The van der Waals surface area contributed by atoms with Crippen molar-refractivity contribution < 1.29 is 9.90 Å². The van der Waals surface area contributed by atoms with Gasteiger partial charge in [0.15, 0.2) is 5.82 Å². The third-order valence-corrected chi connectivity index (χ3v) is 2.54. The van der Waals surface area contributed by atoms with Crippen molar-refractivity contribution in [3.8, 4) is 0 Å². The molecular weight excluding hydrogens is 208 g/mol. The molecule has 0 aliphatic rings. The van der Waals surface area contributed by atoms with Crippen LogP contribution in [0.1, 0.15) is 51.4 Å². The number of aryl methyl sites for hydroxylation is 1. The van der Waals surface area contributed by atoms with Crippen LogP contribution in [0.15, 0.2) is 0 Å². The molecule has 1 unspecified atom stereocenters. The lowest BCUT2D eigenvalue weighted by Gasteiger charge is -2.08. The van der Waals surface area contributed by atoms with E-state index in [1.165, 1.54) is 17.5 Å². The van der Waals surface area contributed by atoms with E-state index in [4.69, 9.17) is 5.11 Å². The molecule has 0 aromatic carbocycles. The van der Waals surface area contributed by atoms with Crippen LogP contribution in [0.25, 0.3) is 0 Å². The molecule has 0 aliphatic carbocycles. The second kappa shape index (κ2) is 6.19. The van der Waals surface area contributed by atoms with E-state index in [2.05, 4.69) is 22.4 Å². The fourth-order valence-electron chi connectivity index (χ4n) is 1.49. The minimum atomic E-state index is -0.915. The van der Waals surface area contributed by atoms with Gasteiger partial charge in [0.2, 0.25) is 0 Å². The summed E-state index contributed by atoms with van der Waals surface area (Å²) in [5.74, 6) is -0.256. The molecule has 1 aromatic heterocycles. The van der Waals surface area contributed by atoms with Crippen molar-refractivity contribution in [3.63, 3.8) is 0 Å². The van der Waals surface area contributed by atoms with Crippen LogP contribution >= 0.6 is 0 Å². The Hall–Kier alpha value is -1.46. The Labute approximate surface area is 94.7 Å². The van der Waals surface area contributed by atoms with Crippen LogP contribution in [0.4, 0.5) is 0 Å². The average Bonchev–Trinajstić information content (AvgIpc) is 2.71. The first-order valence-corrected chi connectivity index (χ1v) is 5.66. The van der Waals surface area contributed by atoms with Crippen LogP contribution in [-0.4, -0.2) is 31.3 Å². The monoisotopic (exact) mass is 226 g/mol. The highest BCUT2D eigenvalue weighted by Gasteiger charge is 2.18. The van der Waals surface area contributed by atoms with Gasteiger partial charge < -0.3 is 5.11 Å². The molecule has 6 nitrogen and oxygen atoms in total. The molecule has 0 fully saturated rings. The summed E-state index contributed by atoms with van der Waals surface area (Å²) in [6, 6.07) is -0.698. The molecular formula is C10H18N4O2. The zero-order valence-electron chi connectivity index (χ0n) is 9.76. The van der Waals surface area contributed by atoms with E-state index in [1.54, 1.807) is 6.92 Å². The molecule has 1 N–H and O–H groups in total. The molecule has 0 aliphatic heterocycles. The summed E-state index contributed by atoms with van der Waals surface area (Å²) >= 11 is 0. The van der Waals surface area contributed by atoms with E-state index in [0.717, 1.165) is 19.3 Å². The molecule has 0 radical (unpaired) electrons. The molecule has 0 saturated heterocycles. The second-order valence-electron chi connectivity index (χ2n) is 3.86. The van der Waals surface area contributed by atoms with Crippen LogP contribution in [0.2, 0.25) is 0 Å². The average molecular weight is 226 g/mol. The molecule has 16 heavy (non-hydrogen) atoms. The Bertz CT molecular complexity index is 337. The largest absolute Gasteiger partial charge is 0.480 e. The highest BCUT2D eigenvalue weighted by molar-refractivity contribution is 5.71. The van der Waals surface area contributed by atoms with Crippen LogP contribution in [0.5, 0.6) is 0 Å². The van der Waals surface area contributed by atoms with E-state index < -0.39 is 12.0 Å². The van der Waals surface area contributed by atoms with Gasteiger partial charge in [-0.05, 0) is 23.8 Å². The summed E-state index contributed by atoms with van der Waals surface area (Å²) in [5, 5.41) is 20.0. The molecule has 0 spiro atoms. The van der Waals surface area contributed by atoms with Gasteiger partial charge in [-0.15, -0.1) is 5.10 Å².